The van der Waals surface area contributed by atoms with Gasteiger partial charge in [0, 0.05) is 6.92 Å². The molecule has 0 amide bonds. The van der Waals surface area contributed by atoms with Crippen LogP contribution < -0.4 is 4.68 Å². The summed E-state index contributed by atoms with van der Waals surface area (Å²) in [4.78, 5) is 1.72. The number of rotatable bonds is 0. The van der Waals surface area contributed by atoms with Gasteiger partial charge in [-0.1, -0.05) is 0 Å². The number of nitrogens with zero attached hydrogens (tertiary/aromatic N) is 4. The maximum atomic E-state index is 4.25. The van der Waals surface area contributed by atoms with E-state index in [2.05, 4.69) is 31.1 Å². The van der Waals surface area contributed by atoms with E-state index in [4.69, 9.17) is 0 Å². The molecule has 0 unspecified atom stereocenters. The fourth-order valence-electron chi connectivity index (χ4n) is 0.698. The number of hydrogen-bond donors (Lipinski definition) is 0. The quantitative estimate of drug-likeness (QED) is 0.500. The standard InChI is InChI=1S/C7H15N4/c1-6-8-11(7(2,3)4)9-10(6)5/h1-5H3/q+1. The minimum Gasteiger partial charge on any atom is -0.140 e. The molecule has 0 aromatic carbocycles. The number of hydrogen-bond acceptors (Lipinski definition) is 2. The van der Waals surface area contributed by atoms with Crippen LogP contribution in [0, 0.1) is 6.92 Å². The van der Waals surface area contributed by atoms with Gasteiger partial charge >= 0.3 is 0 Å². The molecule has 0 saturated heterocycles. The molecule has 62 valence electrons. The molecule has 0 fully saturated rings. The lowest BCUT2D eigenvalue weighted by Gasteiger charge is -2.07. The molecule has 11 heavy (non-hydrogen) atoms. The average molecular weight is 155 g/mol. The van der Waals surface area contributed by atoms with Crippen molar-refractivity contribution in [2.45, 2.75) is 33.2 Å². The second-order valence-electron chi connectivity index (χ2n) is 3.72. The van der Waals surface area contributed by atoms with Crippen LogP contribution in [0.2, 0.25) is 0 Å². The molecule has 0 atom stereocenters. The predicted octanol–water partition coefficient (Wildman–Crippen LogP) is 0.166. The minimum absolute atomic E-state index is 0.0218. The van der Waals surface area contributed by atoms with Gasteiger partial charge in [0.15, 0.2) is 0 Å². The van der Waals surface area contributed by atoms with Crippen molar-refractivity contribution in [2.24, 2.45) is 7.05 Å². The van der Waals surface area contributed by atoms with Crippen LogP contribution in [0.5, 0.6) is 0 Å². The predicted molar refractivity (Wildman–Crippen MR) is 40.9 cm³/mol. The molecule has 1 aromatic heterocycles. The van der Waals surface area contributed by atoms with Crippen LogP contribution >= 0.6 is 0 Å². The third-order valence-electron chi connectivity index (χ3n) is 1.53. The van der Waals surface area contributed by atoms with E-state index in [1.807, 2.05) is 14.0 Å². The first-order valence-corrected chi connectivity index (χ1v) is 3.72. The average Bonchev–Trinajstić information content (AvgIpc) is 2.11. The van der Waals surface area contributed by atoms with Crippen molar-refractivity contribution in [1.29, 1.82) is 0 Å². The maximum Gasteiger partial charge on any atom is 0.295 e. The van der Waals surface area contributed by atoms with Gasteiger partial charge in [-0.05, 0) is 25.6 Å². The van der Waals surface area contributed by atoms with Crippen LogP contribution in [0.3, 0.4) is 0 Å². The highest BCUT2D eigenvalue weighted by molar-refractivity contribution is 4.66. The molecule has 0 aliphatic heterocycles. The molecule has 0 radical (unpaired) electrons. The smallest absolute Gasteiger partial charge is 0.140 e. The van der Waals surface area contributed by atoms with Gasteiger partial charge in [0.2, 0.25) is 0 Å². The summed E-state index contributed by atoms with van der Waals surface area (Å²) in [7, 11) is 1.89. The topological polar surface area (TPSA) is 34.6 Å². The normalized spacial score (nSPS) is 12.1. The monoisotopic (exact) mass is 155 g/mol. The number of aromatic nitrogens is 4. The van der Waals surface area contributed by atoms with Gasteiger partial charge in [-0.25, -0.2) is 0 Å². The summed E-state index contributed by atoms with van der Waals surface area (Å²) >= 11 is 0. The van der Waals surface area contributed by atoms with Crippen molar-refractivity contribution in [1.82, 2.24) is 15.1 Å². The third-order valence-corrected chi connectivity index (χ3v) is 1.53. The van der Waals surface area contributed by atoms with Crippen molar-refractivity contribution in [2.75, 3.05) is 0 Å². The summed E-state index contributed by atoms with van der Waals surface area (Å²) in [5, 5.41) is 8.45. The zero-order valence-electron chi connectivity index (χ0n) is 7.79. The summed E-state index contributed by atoms with van der Waals surface area (Å²) in [6.07, 6.45) is 0. The Bertz CT molecular complexity index is 236. The molecule has 0 spiro atoms. The molecule has 1 rings (SSSR count). The molecule has 0 aliphatic carbocycles. The molecule has 4 heteroatoms. The van der Waals surface area contributed by atoms with Crippen molar-refractivity contribution < 1.29 is 4.68 Å². The fraction of sp³-hybridized carbons (Fsp3) is 0.857. The van der Waals surface area contributed by atoms with E-state index >= 15 is 0 Å². The summed E-state index contributed by atoms with van der Waals surface area (Å²) < 4.78 is 1.77. The summed E-state index contributed by atoms with van der Waals surface area (Å²) in [6, 6.07) is 0. The molecular weight excluding hydrogens is 140 g/mol. The van der Waals surface area contributed by atoms with Crippen LogP contribution in [0.15, 0.2) is 0 Å². The summed E-state index contributed by atoms with van der Waals surface area (Å²) in [6.45, 7) is 8.17. The summed E-state index contributed by atoms with van der Waals surface area (Å²) in [5.74, 6) is 0.930. The first-order valence-electron chi connectivity index (χ1n) is 3.72. The first-order chi connectivity index (χ1) is 4.91. The molecule has 0 saturated carbocycles. The maximum absolute atomic E-state index is 4.25. The highest BCUT2D eigenvalue weighted by Crippen LogP contribution is 2.07. The van der Waals surface area contributed by atoms with E-state index in [0.29, 0.717) is 0 Å². The molecule has 4 nitrogen and oxygen atoms in total. The zero-order valence-corrected chi connectivity index (χ0v) is 7.79. The van der Waals surface area contributed by atoms with E-state index in [-0.39, 0.29) is 5.54 Å². The second kappa shape index (κ2) is 2.29. The van der Waals surface area contributed by atoms with Crippen molar-refractivity contribution in [3.05, 3.63) is 5.82 Å². The number of tetrazole rings is 1. The molecule has 0 aliphatic rings. The fourth-order valence-corrected chi connectivity index (χ4v) is 0.698. The van der Waals surface area contributed by atoms with Gasteiger partial charge in [0.25, 0.3) is 5.82 Å². The van der Waals surface area contributed by atoms with Crippen LogP contribution in [0.25, 0.3) is 0 Å². The Hall–Kier alpha value is -0.930. The largest absolute Gasteiger partial charge is 0.295 e. The minimum atomic E-state index is -0.0218. The lowest BCUT2D eigenvalue weighted by atomic mass is 10.1. The van der Waals surface area contributed by atoms with E-state index < -0.39 is 0 Å². The molecule has 1 heterocycles. The van der Waals surface area contributed by atoms with Gasteiger partial charge in [-0.2, -0.15) is 0 Å². The third kappa shape index (κ3) is 1.56. The Balaban J connectivity index is 3.08. The number of aryl methyl sites for hydroxylation is 2. The van der Waals surface area contributed by atoms with E-state index in [1.54, 1.807) is 9.48 Å². The van der Waals surface area contributed by atoms with Crippen molar-refractivity contribution in [3.8, 4) is 0 Å². The lowest BCUT2D eigenvalue weighted by Crippen LogP contribution is -2.36. The summed E-state index contributed by atoms with van der Waals surface area (Å²) in [5.41, 5.74) is -0.0218. The van der Waals surface area contributed by atoms with E-state index in [0.717, 1.165) is 5.82 Å². The Morgan fingerprint density at radius 3 is 2.09 bits per heavy atom. The SMILES string of the molecule is Cc1nn(C(C)(C)C)n[n+]1C. The Labute approximate surface area is 66.8 Å². The molecule has 0 bridgehead atoms. The Morgan fingerprint density at radius 1 is 1.36 bits per heavy atom. The van der Waals surface area contributed by atoms with Gasteiger partial charge in [-0.3, -0.25) is 0 Å². The van der Waals surface area contributed by atoms with Gasteiger partial charge in [0.1, 0.15) is 5.54 Å². The van der Waals surface area contributed by atoms with E-state index in [1.165, 1.54) is 0 Å². The van der Waals surface area contributed by atoms with Crippen molar-refractivity contribution in [3.63, 3.8) is 0 Å². The zero-order chi connectivity index (χ0) is 8.65. The molecule has 1 aromatic rings. The van der Waals surface area contributed by atoms with Crippen LogP contribution in [-0.4, -0.2) is 15.1 Å². The Morgan fingerprint density at radius 2 is 1.91 bits per heavy atom. The molecule has 0 N–H and O–H groups in total. The van der Waals surface area contributed by atoms with Crippen LogP contribution in [-0.2, 0) is 12.6 Å². The first kappa shape index (κ1) is 8.17. The van der Waals surface area contributed by atoms with Gasteiger partial charge < -0.3 is 0 Å². The lowest BCUT2D eigenvalue weighted by molar-refractivity contribution is -0.738. The van der Waals surface area contributed by atoms with Crippen molar-refractivity contribution >= 4 is 0 Å². The second-order valence-corrected chi connectivity index (χ2v) is 3.72. The molecular formula is C7H15N4+. The highest BCUT2D eigenvalue weighted by atomic mass is 15.6. The van der Waals surface area contributed by atoms with Gasteiger partial charge in [0.05, 0.1) is 17.4 Å². The Kier molecular flexibility index (Phi) is 1.70. The van der Waals surface area contributed by atoms with E-state index in [9.17, 15) is 0 Å². The highest BCUT2D eigenvalue weighted by Gasteiger charge is 2.24. The van der Waals surface area contributed by atoms with Gasteiger partial charge in [-0.15, -0.1) is 4.68 Å². The van der Waals surface area contributed by atoms with Crippen LogP contribution in [0.4, 0.5) is 0 Å². The van der Waals surface area contributed by atoms with Crippen LogP contribution in [0.1, 0.15) is 26.6 Å².